The summed E-state index contributed by atoms with van der Waals surface area (Å²) < 4.78 is 1.88. The zero-order chi connectivity index (χ0) is 18.7. The molecule has 0 bridgehead atoms. The summed E-state index contributed by atoms with van der Waals surface area (Å²) in [5.41, 5.74) is 4.08. The van der Waals surface area contributed by atoms with Crippen molar-refractivity contribution in [1.29, 1.82) is 0 Å². The largest absolute Gasteiger partial charge is 0.347 e. The molecule has 2 aromatic rings. The van der Waals surface area contributed by atoms with Gasteiger partial charge >= 0.3 is 0 Å². The SMILES string of the molecule is C=CCNC(=O)c1nc(C(=O)Nc2cccc(C)c2C)n2c1CCCC2. The van der Waals surface area contributed by atoms with E-state index in [1.807, 2.05) is 36.6 Å². The molecule has 6 nitrogen and oxygen atoms in total. The molecule has 0 aliphatic carbocycles. The maximum atomic E-state index is 12.9. The van der Waals surface area contributed by atoms with Gasteiger partial charge in [0.1, 0.15) is 5.69 Å². The van der Waals surface area contributed by atoms with Gasteiger partial charge in [-0.25, -0.2) is 4.98 Å². The number of benzene rings is 1. The van der Waals surface area contributed by atoms with Crippen molar-refractivity contribution < 1.29 is 9.59 Å². The van der Waals surface area contributed by atoms with Crippen LogP contribution in [0.3, 0.4) is 0 Å². The lowest BCUT2D eigenvalue weighted by atomic mass is 10.1. The lowest BCUT2D eigenvalue weighted by Gasteiger charge is -2.17. The number of carbonyl (C=O) groups excluding carboxylic acids is 2. The minimum atomic E-state index is -0.287. The number of carbonyl (C=O) groups is 2. The van der Waals surface area contributed by atoms with E-state index in [0.29, 0.717) is 24.6 Å². The molecule has 3 rings (SSSR count). The number of nitrogens with one attached hydrogen (secondary N) is 2. The fourth-order valence-corrected chi connectivity index (χ4v) is 3.21. The lowest BCUT2D eigenvalue weighted by Crippen LogP contribution is -2.25. The summed E-state index contributed by atoms with van der Waals surface area (Å²) in [7, 11) is 0. The first-order valence-corrected chi connectivity index (χ1v) is 8.89. The highest BCUT2D eigenvalue weighted by Crippen LogP contribution is 2.23. The van der Waals surface area contributed by atoms with E-state index in [0.717, 1.165) is 41.8 Å². The number of anilines is 1. The average molecular weight is 352 g/mol. The van der Waals surface area contributed by atoms with Gasteiger partial charge in [-0.3, -0.25) is 9.59 Å². The van der Waals surface area contributed by atoms with Crippen LogP contribution in [-0.2, 0) is 13.0 Å². The van der Waals surface area contributed by atoms with Crippen molar-refractivity contribution in [3.8, 4) is 0 Å². The molecular formula is C20H24N4O2. The van der Waals surface area contributed by atoms with Crippen LogP contribution in [0.5, 0.6) is 0 Å². The molecule has 0 saturated carbocycles. The average Bonchev–Trinajstić information content (AvgIpc) is 3.03. The molecular weight excluding hydrogens is 328 g/mol. The van der Waals surface area contributed by atoms with Gasteiger partial charge in [0, 0.05) is 18.8 Å². The highest BCUT2D eigenvalue weighted by molar-refractivity contribution is 6.04. The second-order valence-corrected chi connectivity index (χ2v) is 6.54. The number of amides is 2. The Morgan fingerprint density at radius 3 is 2.85 bits per heavy atom. The molecule has 2 N–H and O–H groups in total. The molecule has 6 heteroatoms. The maximum absolute atomic E-state index is 12.9. The van der Waals surface area contributed by atoms with Gasteiger partial charge in [-0.2, -0.15) is 0 Å². The summed E-state index contributed by atoms with van der Waals surface area (Å²) in [6.07, 6.45) is 4.33. The van der Waals surface area contributed by atoms with E-state index >= 15 is 0 Å². The minimum Gasteiger partial charge on any atom is -0.347 e. The first-order valence-electron chi connectivity index (χ1n) is 8.89. The second-order valence-electron chi connectivity index (χ2n) is 6.54. The molecule has 1 aliphatic heterocycles. The van der Waals surface area contributed by atoms with E-state index in [1.54, 1.807) is 6.08 Å². The first kappa shape index (κ1) is 17.9. The third kappa shape index (κ3) is 3.40. The third-order valence-electron chi connectivity index (χ3n) is 4.80. The monoisotopic (exact) mass is 352 g/mol. The van der Waals surface area contributed by atoms with Crippen LogP contribution < -0.4 is 10.6 Å². The first-order chi connectivity index (χ1) is 12.5. The molecule has 136 valence electrons. The van der Waals surface area contributed by atoms with Crippen LogP contribution in [0.1, 0.15) is 50.8 Å². The highest BCUT2D eigenvalue weighted by atomic mass is 16.2. The standard InChI is InChI=1S/C20H24N4O2/c1-4-11-21-19(25)17-16-10-5-6-12-24(16)18(23-17)20(26)22-15-9-7-8-13(2)14(15)3/h4,7-9H,1,5-6,10-12H2,2-3H3,(H,21,25)(H,22,26). The lowest BCUT2D eigenvalue weighted by molar-refractivity contribution is 0.0952. The smallest absolute Gasteiger partial charge is 0.291 e. The molecule has 2 heterocycles. The van der Waals surface area contributed by atoms with Crippen molar-refractivity contribution in [3.63, 3.8) is 0 Å². The van der Waals surface area contributed by atoms with Crippen LogP contribution in [0.15, 0.2) is 30.9 Å². The Bertz CT molecular complexity index is 867. The van der Waals surface area contributed by atoms with Gasteiger partial charge < -0.3 is 15.2 Å². The fraction of sp³-hybridized carbons (Fsp3) is 0.350. The molecule has 2 amide bonds. The Labute approximate surface area is 153 Å². The van der Waals surface area contributed by atoms with E-state index < -0.39 is 0 Å². The maximum Gasteiger partial charge on any atom is 0.291 e. The van der Waals surface area contributed by atoms with Crippen LogP contribution in [0.2, 0.25) is 0 Å². The van der Waals surface area contributed by atoms with Crippen molar-refractivity contribution in [2.45, 2.75) is 39.7 Å². The van der Waals surface area contributed by atoms with E-state index in [2.05, 4.69) is 22.2 Å². The molecule has 26 heavy (non-hydrogen) atoms. The van der Waals surface area contributed by atoms with Gasteiger partial charge in [0.05, 0.1) is 5.69 Å². The normalized spacial score (nSPS) is 13.0. The van der Waals surface area contributed by atoms with Crippen molar-refractivity contribution in [2.75, 3.05) is 11.9 Å². The van der Waals surface area contributed by atoms with E-state index in [1.165, 1.54) is 0 Å². The summed E-state index contributed by atoms with van der Waals surface area (Å²) in [5.74, 6) is -0.254. The van der Waals surface area contributed by atoms with Crippen LogP contribution in [0.4, 0.5) is 5.69 Å². The Morgan fingerprint density at radius 1 is 1.27 bits per heavy atom. The Kier molecular flexibility index (Phi) is 5.21. The Balaban J connectivity index is 1.92. The van der Waals surface area contributed by atoms with Crippen molar-refractivity contribution in [3.05, 3.63) is 59.2 Å². The molecule has 1 aliphatic rings. The third-order valence-corrected chi connectivity index (χ3v) is 4.80. The van der Waals surface area contributed by atoms with Gasteiger partial charge in [-0.15, -0.1) is 6.58 Å². The number of hydrogen-bond acceptors (Lipinski definition) is 3. The molecule has 0 atom stereocenters. The Hall–Kier alpha value is -2.89. The molecule has 0 fully saturated rings. The summed E-state index contributed by atoms with van der Waals surface area (Å²) >= 11 is 0. The molecule has 0 spiro atoms. The van der Waals surface area contributed by atoms with Crippen LogP contribution in [0, 0.1) is 13.8 Å². The van der Waals surface area contributed by atoms with Gasteiger partial charge in [-0.05, 0) is 50.3 Å². The summed E-state index contributed by atoms with van der Waals surface area (Å²) in [6, 6.07) is 5.79. The zero-order valence-corrected chi connectivity index (χ0v) is 15.3. The number of fused-ring (bicyclic) bond motifs is 1. The van der Waals surface area contributed by atoms with Gasteiger partial charge in [0.25, 0.3) is 11.8 Å². The van der Waals surface area contributed by atoms with Crippen LogP contribution in [0.25, 0.3) is 0 Å². The number of hydrogen-bond donors (Lipinski definition) is 2. The number of aryl methyl sites for hydroxylation is 1. The topological polar surface area (TPSA) is 76.0 Å². The fourth-order valence-electron chi connectivity index (χ4n) is 3.21. The van der Waals surface area contributed by atoms with Gasteiger partial charge in [0.15, 0.2) is 5.82 Å². The minimum absolute atomic E-state index is 0.263. The van der Waals surface area contributed by atoms with E-state index in [9.17, 15) is 9.59 Å². The molecule has 0 unspecified atom stereocenters. The van der Waals surface area contributed by atoms with Crippen molar-refractivity contribution in [1.82, 2.24) is 14.9 Å². The zero-order valence-electron chi connectivity index (χ0n) is 15.3. The number of aromatic nitrogens is 2. The van der Waals surface area contributed by atoms with Crippen LogP contribution >= 0.6 is 0 Å². The van der Waals surface area contributed by atoms with Crippen molar-refractivity contribution >= 4 is 17.5 Å². The molecule has 1 aromatic heterocycles. The van der Waals surface area contributed by atoms with Crippen LogP contribution in [-0.4, -0.2) is 27.9 Å². The van der Waals surface area contributed by atoms with E-state index in [-0.39, 0.29) is 11.8 Å². The second kappa shape index (κ2) is 7.56. The molecule has 0 radical (unpaired) electrons. The predicted molar refractivity (Wildman–Crippen MR) is 102 cm³/mol. The highest BCUT2D eigenvalue weighted by Gasteiger charge is 2.27. The number of nitrogens with zero attached hydrogens (tertiary/aromatic N) is 2. The number of rotatable bonds is 5. The quantitative estimate of drug-likeness (QED) is 0.812. The van der Waals surface area contributed by atoms with Crippen molar-refractivity contribution in [2.24, 2.45) is 0 Å². The molecule has 0 saturated heterocycles. The van der Waals surface area contributed by atoms with Gasteiger partial charge in [0.2, 0.25) is 0 Å². The number of imidazole rings is 1. The predicted octanol–water partition coefficient (Wildman–Crippen LogP) is 3.00. The summed E-state index contributed by atoms with van der Waals surface area (Å²) in [5, 5.41) is 5.70. The van der Waals surface area contributed by atoms with Gasteiger partial charge in [-0.1, -0.05) is 18.2 Å². The summed E-state index contributed by atoms with van der Waals surface area (Å²) in [6.45, 7) is 8.65. The summed E-state index contributed by atoms with van der Waals surface area (Å²) in [4.78, 5) is 29.7. The Morgan fingerprint density at radius 2 is 2.08 bits per heavy atom. The molecule has 1 aromatic carbocycles. The van der Waals surface area contributed by atoms with E-state index in [4.69, 9.17) is 0 Å².